The molecule has 2 aromatic heterocycles. The van der Waals surface area contributed by atoms with Gasteiger partial charge >= 0.3 is 0 Å². The van der Waals surface area contributed by atoms with Crippen molar-refractivity contribution >= 4 is 27.0 Å². The number of primary sulfonamides is 1. The second-order valence-corrected chi connectivity index (χ2v) is 8.66. The maximum Gasteiger partial charge on any atom is 0.248 e. The summed E-state index contributed by atoms with van der Waals surface area (Å²) in [4.78, 5) is 4.85. The standard InChI is InChI=1S/C18H19N3O3S2/c1-13-11-17(18(25-13)26(19,22)23)14-3-2-4-16(12-14)24-10-9-21-15-5-7-20-8-6-15/h2-8,11-12H,9-10H2,1H3,(H,20,21)(H2,19,22,23). The normalized spacial score (nSPS) is 11.3. The molecule has 0 aliphatic rings. The molecule has 0 radical (unpaired) electrons. The third-order valence-corrected chi connectivity index (χ3v) is 6.13. The minimum atomic E-state index is -3.76. The second kappa shape index (κ2) is 7.86. The van der Waals surface area contributed by atoms with Gasteiger partial charge in [-0.25, -0.2) is 13.6 Å². The maximum atomic E-state index is 11.8. The lowest BCUT2D eigenvalue weighted by Crippen LogP contribution is -2.12. The fourth-order valence-electron chi connectivity index (χ4n) is 2.49. The number of rotatable bonds is 7. The van der Waals surface area contributed by atoms with Gasteiger partial charge in [0.25, 0.3) is 0 Å². The zero-order chi connectivity index (χ0) is 18.6. The van der Waals surface area contributed by atoms with Crippen LogP contribution >= 0.6 is 11.3 Å². The van der Waals surface area contributed by atoms with Crippen LogP contribution in [0.25, 0.3) is 11.1 Å². The Kier molecular flexibility index (Phi) is 5.55. The molecule has 136 valence electrons. The number of nitrogens with zero attached hydrogens (tertiary/aromatic N) is 1. The highest BCUT2D eigenvalue weighted by Gasteiger charge is 2.19. The molecular formula is C18H19N3O3S2. The number of hydrogen-bond donors (Lipinski definition) is 2. The van der Waals surface area contributed by atoms with E-state index in [0.29, 0.717) is 24.5 Å². The molecule has 0 spiro atoms. The summed E-state index contributed by atoms with van der Waals surface area (Å²) in [7, 11) is -3.76. The van der Waals surface area contributed by atoms with E-state index in [1.54, 1.807) is 12.4 Å². The van der Waals surface area contributed by atoms with Crippen molar-refractivity contribution in [1.82, 2.24) is 4.98 Å². The largest absolute Gasteiger partial charge is 0.492 e. The number of pyridine rings is 1. The smallest absolute Gasteiger partial charge is 0.248 e. The van der Waals surface area contributed by atoms with Crippen LogP contribution in [-0.2, 0) is 10.0 Å². The van der Waals surface area contributed by atoms with Crippen LogP contribution in [-0.4, -0.2) is 26.6 Å². The number of nitrogens with one attached hydrogen (secondary N) is 1. The summed E-state index contributed by atoms with van der Waals surface area (Å²) in [5, 5.41) is 8.57. The van der Waals surface area contributed by atoms with Crippen LogP contribution in [0.4, 0.5) is 5.69 Å². The van der Waals surface area contributed by atoms with E-state index >= 15 is 0 Å². The third-order valence-electron chi connectivity index (χ3n) is 3.60. The molecule has 0 unspecified atom stereocenters. The van der Waals surface area contributed by atoms with Gasteiger partial charge < -0.3 is 10.1 Å². The Morgan fingerprint density at radius 2 is 1.96 bits per heavy atom. The Hall–Kier alpha value is -2.42. The highest BCUT2D eigenvalue weighted by Crippen LogP contribution is 2.35. The first-order valence-electron chi connectivity index (χ1n) is 7.94. The van der Waals surface area contributed by atoms with E-state index in [1.165, 1.54) is 11.3 Å². The average Bonchev–Trinajstić information content (AvgIpc) is 3.02. The second-order valence-electron chi connectivity index (χ2n) is 5.64. The van der Waals surface area contributed by atoms with Crippen molar-refractivity contribution < 1.29 is 13.2 Å². The predicted octanol–water partition coefficient (Wildman–Crippen LogP) is 3.26. The zero-order valence-electron chi connectivity index (χ0n) is 14.2. The molecule has 0 saturated heterocycles. The Morgan fingerprint density at radius 3 is 2.69 bits per heavy atom. The van der Waals surface area contributed by atoms with Gasteiger partial charge in [-0.15, -0.1) is 11.3 Å². The van der Waals surface area contributed by atoms with Gasteiger partial charge in [0, 0.05) is 35.1 Å². The Labute approximate surface area is 156 Å². The molecule has 0 saturated carbocycles. The molecule has 3 aromatic rings. The molecule has 3 N–H and O–H groups in total. The third kappa shape index (κ3) is 4.60. The van der Waals surface area contributed by atoms with E-state index in [2.05, 4.69) is 10.3 Å². The summed E-state index contributed by atoms with van der Waals surface area (Å²) in [5.74, 6) is 0.670. The summed E-state index contributed by atoms with van der Waals surface area (Å²) in [6.45, 7) is 2.96. The van der Waals surface area contributed by atoms with Crippen LogP contribution in [0.2, 0.25) is 0 Å². The quantitative estimate of drug-likeness (QED) is 0.605. The van der Waals surface area contributed by atoms with Gasteiger partial charge in [0.2, 0.25) is 10.0 Å². The number of ether oxygens (including phenoxy) is 1. The molecule has 6 nitrogen and oxygen atoms in total. The monoisotopic (exact) mass is 389 g/mol. The molecule has 0 bridgehead atoms. The molecule has 0 aliphatic carbocycles. The van der Waals surface area contributed by atoms with Crippen molar-refractivity contribution in [3.63, 3.8) is 0 Å². The van der Waals surface area contributed by atoms with Crippen LogP contribution in [0.5, 0.6) is 5.75 Å². The van der Waals surface area contributed by atoms with E-state index in [-0.39, 0.29) is 4.21 Å². The topological polar surface area (TPSA) is 94.3 Å². The summed E-state index contributed by atoms with van der Waals surface area (Å²) < 4.78 is 29.6. The molecule has 2 heterocycles. The Morgan fingerprint density at radius 1 is 1.19 bits per heavy atom. The first kappa shape index (κ1) is 18.4. The lowest BCUT2D eigenvalue weighted by atomic mass is 10.1. The lowest BCUT2D eigenvalue weighted by molar-refractivity contribution is 0.333. The molecule has 0 amide bonds. The van der Waals surface area contributed by atoms with E-state index in [9.17, 15) is 8.42 Å². The van der Waals surface area contributed by atoms with Gasteiger partial charge in [0.15, 0.2) is 0 Å². The van der Waals surface area contributed by atoms with Crippen molar-refractivity contribution in [2.75, 3.05) is 18.5 Å². The molecule has 0 aliphatic heterocycles. The van der Waals surface area contributed by atoms with Gasteiger partial charge in [-0.3, -0.25) is 4.98 Å². The van der Waals surface area contributed by atoms with Crippen molar-refractivity contribution in [1.29, 1.82) is 0 Å². The number of nitrogens with two attached hydrogens (primary N) is 1. The number of aromatic nitrogens is 1. The van der Waals surface area contributed by atoms with Gasteiger partial charge in [-0.2, -0.15) is 0 Å². The van der Waals surface area contributed by atoms with E-state index in [4.69, 9.17) is 9.88 Å². The highest BCUT2D eigenvalue weighted by molar-refractivity contribution is 7.91. The average molecular weight is 390 g/mol. The summed E-state index contributed by atoms with van der Waals surface area (Å²) in [6, 6.07) is 12.9. The minimum absolute atomic E-state index is 0.173. The molecule has 1 aromatic carbocycles. The van der Waals surface area contributed by atoms with Gasteiger partial charge in [0.05, 0.1) is 0 Å². The summed E-state index contributed by atoms with van der Waals surface area (Å²) in [5.41, 5.74) is 2.34. The summed E-state index contributed by atoms with van der Waals surface area (Å²) in [6.07, 6.45) is 3.44. The Bertz CT molecular complexity index is 986. The lowest BCUT2D eigenvalue weighted by Gasteiger charge is -2.10. The molecule has 26 heavy (non-hydrogen) atoms. The summed E-state index contributed by atoms with van der Waals surface area (Å²) >= 11 is 1.17. The molecule has 0 atom stereocenters. The van der Waals surface area contributed by atoms with E-state index in [0.717, 1.165) is 16.1 Å². The van der Waals surface area contributed by atoms with Crippen molar-refractivity contribution in [2.24, 2.45) is 5.14 Å². The van der Waals surface area contributed by atoms with E-state index in [1.807, 2.05) is 49.4 Å². The molecule has 8 heteroatoms. The number of benzene rings is 1. The van der Waals surface area contributed by atoms with Crippen molar-refractivity contribution in [3.8, 4) is 16.9 Å². The number of aryl methyl sites for hydroxylation is 1. The number of hydrogen-bond acceptors (Lipinski definition) is 6. The number of sulfonamides is 1. The van der Waals surface area contributed by atoms with Crippen molar-refractivity contribution in [3.05, 3.63) is 59.7 Å². The van der Waals surface area contributed by atoms with Crippen molar-refractivity contribution in [2.45, 2.75) is 11.1 Å². The fourth-order valence-corrected chi connectivity index (χ4v) is 4.59. The Balaban J connectivity index is 1.69. The van der Waals surface area contributed by atoms with Gasteiger partial charge in [-0.1, -0.05) is 12.1 Å². The molecular weight excluding hydrogens is 370 g/mol. The zero-order valence-corrected chi connectivity index (χ0v) is 15.8. The molecule has 3 rings (SSSR count). The van der Waals surface area contributed by atoms with Crippen LogP contribution in [0.3, 0.4) is 0 Å². The van der Waals surface area contributed by atoms with Crippen LogP contribution in [0.15, 0.2) is 59.1 Å². The van der Waals surface area contributed by atoms with Crippen LogP contribution in [0.1, 0.15) is 4.88 Å². The number of thiophene rings is 1. The molecule has 0 fully saturated rings. The SMILES string of the molecule is Cc1cc(-c2cccc(OCCNc3ccncc3)c2)c(S(N)(=O)=O)s1. The van der Waals surface area contributed by atoms with Crippen LogP contribution < -0.4 is 15.2 Å². The first-order valence-corrected chi connectivity index (χ1v) is 10.3. The maximum absolute atomic E-state index is 11.8. The fraction of sp³-hybridized carbons (Fsp3) is 0.167. The highest BCUT2D eigenvalue weighted by atomic mass is 32.2. The number of anilines is 1. The van der Waals surface area contributed by atoms with Gasteiger partial charge in [-0.05, 0) is 42.8 Å². The minimum Gasteiger partial charge on any atom is -0.492 e. The first-order chi connectivity index (χ1) is 12.4. The van der Waals surface area contributed by atoms with Gasteiger partial charge in [0.1, 0.15) is 16.6 Å². The van der Waals surface area contributed by atoms with E-state index < -0.39 is 10.0 Å². The van der Waals surface area contributed by atoms with Crippen LogP contribution in [0, 0.1) is 6.92 Å². The predicted molar refractivity (Wildman–Crippen MR) is 104 cm³/mol.